The number of rotatable bonds is 6. The highest BCUT2D eigenvalue weighted by atomic mass is 19.3. The highest BCUT2D eigenvalue weighted by molar-refractivity contribution is 5.94. The van der Waals surface area contributed by atoms with Crippen LogP contribution < -0.4 is 10.1 Å². The molecule has 1 unspecified atom stereocenters. The summed E-state index contributed by atoms with van der Waals surface area (Å²) in [5.41, 5.74) is 0.317. The summed E-state index contributed by atoms with van der Waals surface area (Å²) in [7, 11) is 0. The second-order valence-electron chi connectivity index (χ2n) is 4.30. The van der Waals surface area contributed by atoms with E-state index >= 15 is 0 Å². The Kier molecular flexibility index (Phi) is 5.69. The van der Waals surface area contributed by atoms with E-state index in [1.807, 2.05) is 13.8 Å². The van der Waals surface area contributed by atoms with Crippen molar-refractivity contribution in [2.45, 2.75) is 32.5 Å². The Bertz CT molecular complexity index is 407. The zero-order valence-electron chi connectivity index (χ0n) is 10.8. The fourth-order valence-electron chi connectivity index (χ4n) is 1.35. The molecule has 2 N–H and O–H groups in total. The first-order valence-electron chi connectivity index (χ1n) is 5.91. The monoisotopic (exact) mass is 273 g/mol. The van der Waals surface area contributed by atoms with Gasteiger partial charge in [0.25, 0.3) is 12.3 Å². The van der Waals surface area contributed by atoms with Gasteiger partial charge < -0.3 is 15.2 Å². The highest BCUT2D eigenvalue weighted by Crippen LogP contribution is 2.13. The molecule has 0 fully saturated rings. The summed E-state index contributed by atoms with van der Waals surface area (Å²) < 4.78 is 29.5. The number of halogens is 2. The molecule has 1 atom stereocenters. The molecular formula is C13H17F2NO3. The standard InChI is InChI=1S/C13H17F2NO3/c1-8(2)19-10-5-3-9(4-6-10)13(18)16-7-11(17)12(14)15/h3-6,8,11-12,17H,7H2,1-2H3,(H,16,18). The van der Waals surface area contributed by atoms with Crippen molar-refractivity contribution in [3.05, 3.63) is 29.8 Å². The molecule has 6 heteroatoms. The molecule has 0 aromatic heterocycles. The van der Waals surface area contributed by atoms with Crippen LogP contribution in [0.1, 0.15) is 24.2 Å². The van der Waals surface area contributed by atoms with Gasteiger partial charge in [-0.2, -0.15) is 0 Å². The summed E-state index contributed by atoms with van der Waals surface area (Å²) in [6.45, 7) is 3.28. The lowest BCUT2D eigenvalue weighted by atomic mass is 10.2. The average Bonchev–Trinajstić information content (AvgIpc) is 2.35. The molecule has 1 amide bonds. The van der Waals surface area contributed by atoms with Crippen LogP contribution in [0, 0.1) is 0 Å². The summed E-state index contributed by atoms with van der Waals surface area (Å²) in [5, 5.41) is 11.1. The number of hydrogen-bond donors (Lipinski definition) is 2. The SMILES string of the molecule is CC(C)Oc1ccc(C(=O)NCC(O)C(F)F)cc1. The molecule has 106 valence electrons. The number of alkyl halides is 2. The minimum atomic E-state index is -2.87. The van der Waals surface area contributed by atoms with E-state index in [-0.39, 0.29) is 6.10 Å². The van der Waals surface area contributed by atoms with Gasteiger partial charge >= 0.3 is 0 Å². The Morgan fingerprint density at radius 1 is 1.32 bits per heavy atom. The van der Waals surface area contributed by atoms with Crippen LogP contribution in [0.3, 0.4) is 0 Å². The lowest BCUT2D eigenvalue weighted by molar-refractivity contribution is -0.00270. The number of carbonyl (C=O) groups excluding carboxylic acids is 1. The highest BCUT2D eigenvalue weighted by Gasteiger charge is 2.17. The molecular weight excluding hydrogens is 256 g/mol. The zero-order chi connectivity index (χ0) is 14.4. The molecule has 0 aliphatic carbocycles. The van der Waals surface area contributed by atoms with Crippen molar-refractivity contribution >= 4 is 5.91 Å². The minimum Gasteiger partial charge on any atom is -0.491 e. The van der Waals surface area contributed by atoms with Crippen molar-refractivity contribution < 1.29 is 23.4 Å². The lowest BCUT2D eigenvalue weighted by Crippen LogP contribution is -2.35. The van der Waals surface area contributed by atoms with Crippen LogP contribution in [0.15, 0.2) is 24.3 Å². The molecule has 0 aliphatic heterocycles. The van der Waals surface area contributed by atoms with Gasteiger partial charge in [0.1, 0.15) is 11.9 Å². The van der Waals surface area contributed by atoms with Crippen LogP contribution >= 0.6 is 0 Å². The van der Waals surface area contributed by atoms with Crippen LogP contribution in [0.5, 0.6) is 5.75 Å². The summed E-state index contributed by atoms with van der Waals surface area (Å²) in [6.07, 6.45) is -4.70. The lowest BCUT2D eigenvalue weighted by Gasteiger charge is -2.12. The molecule has 0 saturated carbocycles. The summed E-state index contributed by atoms with van der Waals surface area (Å²) in [6, 6.07) is 6.31. The van der Waals surface area contributed by atoms with Gasteiger partial charge in [-0.15, -0.1) is 0 Å². The van der Waals surface area contributed by atoms with Gasteiger partial charge in [0, 0.05) is 12.1 Å². The number of hydrogen-bond acceptors (Lipinski definition) is 3. The minimum absolute atomic E-state index is 0.0286. The van der Waals surface area contributed by atoms with Gasteiger partial charge in [0.15, 0.2) is 0 Å². The summed E-state index contributed by atoms with van der Waals surface area (Å²) in [5.74, 6) is 0.106. The van der Waals surface area contributed by atoms with E-state index in [4.69, 9.17) is 9.84 Å². The predicted molar refractivity (Wildman–Crippen MR) is 66.6 cm³/mol. The van der Waals surface area contributed by atoms with Gasteiger partial charge in [0.05, 0.1) is 6.10 Å². The average molecular weight is 273 g/mol. The third-order valence-electron chi connectivity index (χ3n) is 2.25. The molecule has 0 saturated heterocycles. The Balaban J connectivity index is 2.53. The van der Waals surface area contributed by atoms with Gasteiger partial charge in [-0.25, -0.2) is 8.78 Å². The van der Waals surface area contributed by atoms with Crippen molar-refractivity contribution in [2.24, 2.45) is 0 Å². The number of benzene rings is 1. The molecule has 0 heterocycles. The largest absolute Gasteiger partial charge is 0.491 e. The van der Waals surface area contributed by atoms with Crippen LogP contribution in [-0.4, -0.2) is 36.2 Å². The van der Waals surface area contributed by atoms with Crippen LogP contribution in [-0.2, 0) is 0 Å². The van der Waals surface area contributed by atoms with E-state index < -0.39 is 25.0 Å². The normalized spacial score (nSPS) is 12.6. The Hall–Kier alpha value is -1.69. The fourth-order valence-corrected chi connectivity index (χ4v) is 1.35. The third-order valence-corrected chi connectivity index (χ3v) is 2.25. The van der Waals surface area contributed by atoms with Gasteiger partial charge in [-0.3, -0.25) is 4.79 Å². The molecule has 1 rings (SSSR count). The molecule has 0 aliphatic rings. The Labute approximate surface area is 110 Å². The second kappa shape index (κ2) is 7.04. The molecule has 0 bridgehead atoms. The van der Waals surface area contributed by atoms with Crippen molar-refractivity contribution in [1.29, 1.82) is 0 Å². The Morgan fingerprint density at radius 2 is 1.89 bits per heavy atom. The number of carbonyl (C=O) groups is 1. The number of amides is 1. The van der Waals surface area contributed by atoms with Crippen LogP contribution in [0.2, 0.25) is 0 Å². The maximum absolute atomic E-state index is 12.0. The maximum Gasteiger partial charge on any atom is 0.265 e. The van der Waals surface area contributed by atoms with Crippen molar-refractivity contribution in [1.82, 2.24) is 5.32 Å². The van der Waals surface area contributed by atoms with Gasteiger partial charge in [-0.1, -0.05) is 0 Å². The summed E-state index contributed by atoms with van der Waals surface area (Å²) >= 11 is 0. The predicted octanol–water partition coefficient (Wildman–Crippen LogP) is 1.83. The second-order valence-corrected chi connectivity index (χ2v) is 4.30. The molecule has 0 spiro atoms. The summed E-state index contributed by atoms with van der Waals surface area (Å²) in [4.78, 5) is 11.6. The first-order valence-corrected chi connectivity index (χ1v) is 5.91. The van der Waals surface area contributed by atoms with Crippen molar-refractivity contribution in [3.8, 4) is 5.75 Å². The maximum atomic E-state index is 12.0. The van der Waals surface area contributed by atoms with Crippen LogP contribution in [0.4, 0.5) is 8.78 Å². The van der Waals surface area contributed by atoms with E-state index in [9.17, 15) is 13.6 Å². The van der Waals surface area contributed by atoms with Crippen molar-refractivity contribution in [3.63, 3.8) is 0 Å². The first kappa shape index (κ1) is 15.4. The van der Waals surface area contributed by atoms with E-state index in [1.165, 1.54) is 12.1 Å². The van der Waals surface area contributed by atoms with E-state index in [1.54, 1.807) is 12.1 Å². The van der Waals surface area contributed by atoms with Gasteiger partial charge in [0.2, 0.25) is 0 Å². The molecule has 1 aromatic carbocycles. The number of aliphatic hydroxyl groups excluding tert-OH is 1. The fraction of sp³-hybridized carbons (Fsp3) is 0.462. The number of nitrogens with one attached hydrogen (secondary N) is 1. The zero-order valence-corrected chi connectivity index (χ0v) is 10.8. The quantitative estimate of drug-likeness (QED) is 0.831. The number of aliphatic hydroxyl groups is 1. The third kappa shape index (κ3) is 5.21. The van der Waals surface area contributed by atoms with E-state index in [0.717, 1.165) is 0 Å². The Morgan fingerprint density at radius 3 is 2.37 bits per heavy atom. The van der Waals surface area contributed by atoms with E-state index in [0.29, 0.717) is 11.3 Å². The molecule has 19 heavy (non-hydrogen) atoms. The molecule has 0 radical (unpaired) electrons. The van der Waals surface area contributed by atoms with E-state index in [2.05, 4.69) is 5.32 Å². The van der Waals surface area contributed by atoms with Crippen molar-refractivity contribution in [2.75, 3.05) is 6.54 Å². The first-order chi connectivity index (χ1) is 8.90. The molecule has 4 nitrogen and oxygen atoms in total. The topological polar surface area (TPSA) is 58.6 Å². The number of ether oxygens (including phenoxy) is 1. The molecule has 1 aromatic rings. The van der Waals surface area contributed by atoms with Crippen LogP contribution in [0.25, 0.3) is 0 Å². The smallest absolute Gasteiger partial charge is 0.265 e. The van der Waals surface area contributed by atoms with Gasteiger partial charge in [-0.05, 0) is 38.1 Å².